The van der Waals surface area contributed by atoms with E-state index in [0.717, 1.165) is 41.7 Å². The van der Waals surface area contributed by atoms with Crippen LogP contribution in [0.2, 0.25) is 0 Å². The molecule has 2 heterocycles. The van der Waals surface area contributed by atoms with E-state index in [1.54, 1.807) is 0 Å². The Kier molecular flexibility index (Phi) is 10.4. The normalized spacial score (nSPS) is 19.2. The van der Waals surface area contributed by atoms with Crippen molar-refractivity contribution in [2.24, 2.45) is 21.8 Å². The van der Waals surface area contributed by atoms with Gasteiger partial charge in [0.1, 0.15) is 13.2 Å². The SMILES string of the molecule is CC(C)[C@H]1COC(c2ccccc2P(CCCP(c2ccccc2)c2ccccc2C2=N[C@@H](C(C)C)CO2)c2ccccc2)=N1. The van der Waals surface area contributed by atoms with E-state index < -0.39 is 15.8 Å². The lowest BCUT2D eigenvalue weighted by Gasteiger charge is -2.25. The first-order valence-corrected chi connectivity index (χ1v) is 19.3. The van der Waals surface area contributed by atoms with Gasteiger partial charge in [-0.3, -0.25) is 0 Å². The molecule has 2 aliphatic rings. The third kappa shape index (κ3) is 7.40. The summed E-state index contributed by atoms with van der Waals surface area (Å²) in [6.45, 7) is 10.2. The molecule has 6 heteroatoms. The Morgan fingerprint density at radius 3 is 1.31 bits per heavy atom. The van der Waals surface area contributed by atoms with Gasteiger partial charge in [0, 0.05) is 11.1 Å². The third-order valence-electron chi connectivity index (χ3n) is 8.64. The van der Waals surface area contributed by atoms with Gasteiger partial charge >= 0.3 is 0 Å². The lowest BCUT2D eigenvalue weighted by Crippen LogP contribution is -2.23. The standard InChI is InChI=1S/C39H44N2O2P2/c1-28(2)34-26-42-38(40-34)32-20-11-13-22-36(32)44(30-16-7-5-8-17-30)24-15-25-45(31-18-9-6-10-19-31)37-23-14-12-21-33(37)39-41-35(27-43-39)29(3)4/h5-14,16-23,28-29,34-35H,15,24-27H2,1-4H3/t34-,35-,44?,45?/m1/s1. The molecule has 0 fully saturated rings. The van der Waals surface area contributed by atoms with Crippen molar-refractivity contribution in [1.29, 1.82) is 0 Å². The highest BCUT2D eigenvalue weighted by atomic mass is 31.1. The highest BCUT2D eigenvalue weighted by molar-refractivity contribution is 7.74. The molecule has 232 valence electrons. The number of benzene rings is 4. The van der Waals surface area contributed by atoms with E-state index in [9.17, 15) is 0 Å². The smallest absolute Gasteiger partial charge is 0.217 e. The predicted molar refractivity (Wildman–Crippen MR) is 195 cm³/mol. The second kappa shape index (κ2) is 14.8. The Morgan fingerprint density at radius 2 is 0.933 bits per heavy atom. The van der Waals surface area contributed by atoms with Crippen LogP contribution in [0.25, 0.3) is 0 Å². The van der Waals surface area contributed by atoms with Crippen molar-refractivity contribution in [3.8, 4) is 0 Å². The van der Waals surface area contributed by atoms with Crippen LogP contribution in [-0.4, -0.2) is 49.4 Å². The van der Waals surface area contributed by atoms with E-state index in [1.807, 2.05) is 0 Å². The molecule has 4 aromatic carbocycles. The van der Waals surface area contributed by atoms with Gasteiger partial charge < -0.3 is 9.47 Å². The molecular weight excluding hydrogens is 590 g/mol. The first kappa shape index (κ1) is 31.7. The summed E-state index contributed by atoms with van der Waals surface area (Å²) in [5.41, 5.74) is 2.31. The number of ether oxygens (including phenoxy) is 2. The first-order chi connectivity index (χ1) is 22.0. The molecule has 2 aliphatic heterocycles. The maximum absolute atomic E-state index is 6.22. The van der Waals surface area contributed by atoms with E-state index in [4.69, 9.17) is 19.5 Å². The molecule has 4 aromatic rings. The lowest BCUT2D eigenvalue weighted by atomic mass is 10.1. The van der Waals surface area contributed by atoms with Crippen LogP contribution in [0.1, 0.15) is 45.2 Å². The van der Waals surface area contributed by atoms with Crippen molar-refractivity contribution in [3.05, 3.63) is 120 Å². The average Bonchev–Trinajstić information content (AvgIpc) is 3.78. The minimum Gasteiger partial charge on any atom is -0.475 e. The fourth-order valence-corrected chi connectivity index (χ4v) is 11.2. The van der Waals surface area contributed by atoms with Crippen molar-refractivity contribution in [2.45, 2.75) is 46.2 Å². The van der Waals surface area contributed by atoms with E-state index in [1.165, 1.54) is 21.2 Å². The Labute approximate surface area is 271 Å². The lowest BCUT2D eigenvalue weighted by molar-refractivity contribution is 0.292. The van der Waals surface area contributed by atoms with Crippen molar-refractivity contribution < 1.29 is 9.47 Å². The van der Waals surface area contributed by atoms with E-state index in [-0.39, 0.29) is 12.1 Å². The Morgan fingerprint density at radius 1 is 0.556 bits per heavy atom. The van der Waals surface area contributed by atoms with E-state index in [2.05, 4.69) is 137 Å². The molecule has 45 heavy (non-hydrogen) atoms. The van der Waals surface area contributed by atoms with Gasteiger partial charge in [-0.25, -0.2) is 9.98 Å². The van der Waals surface area contributed by atoms with Crippen LogP contribution in [-0.2, 0) is 9.47 Å². The topological polar surface area (TPSA) is 43.2 Å². The molecule has 0 N–H and O–H groups in total. The number of rotatable bonds is 12. The second-order valence-corrected chi connectivity index (χ2v) is 17.1. The summed E-state index contributed by atoms with van der Waals surface area (Å²) in [7, 11) is -1.23. The maximum atomic E-state index is 6.22. The van der Waals surface area contributed by atoms with Crippen molar-refractivity contribution >= 4 is 48.9 Å². The fraction of sp³-hybridized carbons (Fsp3) is 0.333. The van der Waals surface area contributed by atoms with Gasteiger partial charge in [0.15, 0.2) is 0 Å². The van der Waals surface area contributed by atoms with Gasteiger partial charge in [-0.2, -0.15) is 0 Å². The molecule has 0 aromatic heterocycles. The highest BCUT2D eigenvalue weighted by Crippen LogP contribution is 2.41. The van der Waals surface area contributed by atoms with Crippen LogP contribution in [0.15, 0.2) is 119 Å². The number of aliphatic imine (C=N–C) groups is 2. The van der Waals surface area contributed by atoms with Crippen LogP contribution < -0.4 is 21.2 Å². The zero-order valence-electron chi connectivity index (χ0n) is 26.8. The first-order valence-electron chi connectivity index (χ1n) is 16.2. The van der Waals surface area contributed by atoms with Crippen molar-refractivity contribution in [1.82, 2.24) is 0 Å². The van der Waals surface area contributed by atoms with Gasteiger partial charge in [-0.05, 0) is 79.8 Å². The molecule has 6 rings (SSSR count). The zero-order valence-corrected chi connectivity index (χ0v) is 28.6. The predicted octanol–water partition coefficient (Wildman–Crippen LogP) is 7.25. The third-order valence-corrected chi connectivity index (χ3v) is 13.9. The summed E-state index contributed by atoms with van der Waals surface area (Å²) in [5.74, 6) is 2.54. The Bertz CT molecular complexity index is 1500. The molecule has 0 amide bonds. The fourth-order valence-electron chi connectivity index (χ4n) is 5.92. The summed E-state index contributed by atoms with van der Waals surface area (Å²) in [6.07, 6.45) is 3.30. The largest absolute Gasteiger partial charge is 0.475 e. The molecule has 4 atom stereocenters. The molecule has 2 unspecified atom stereocenters. The highest BCUT2D eigenvalue weighted by Gasteiger charge is 2.29. The van der Waals surface area contributed by atoms with Crippen molar-refractivity contribution in [3.63, 3.8) is 0 Å². The molecular formula is C39H44N2O2P2. The minimum absolute atomic E-state index is 0.217. The molecule has 0 aliphatic carbocycles. The van der Waals surface area contributed by atoms with Crippen molar-refractivity contribution in [2.75, 3.05) is 25.5 Å². The number of hydrogen-bond donors (Lipinski definition) is 0. The van der Waals surface area contributed by atoms with Crippen LogP contribution >= 0.6 is 15.8 Å². The van der Waals surface area contributed by atoms with Gasteiger partial charge in [-0.15, -0.1) is 0 Å². The average molecular weight is 635 g/mol. The molecule has 4 nitrogen and oxygen atoms in total. The second-order valence-electron chi connectivity index (χ2n) is 12.5. The van der Waals surface area contributed by atoms with Gasteiger partial charge in [-0.1, -0.05) is 125 Å². The number of hydrogen-bond acceptors (Lipinski definition) is 4. The Balaban J connectivity index is 1.31. The van der Waals surface area contributed by atoms with Crippen LogP contribution in [0.3, 0.4) is 0 Å². The summed E-state index contributed by atoms with van der Waals surface area (Å²) >= 11 is 0. The van der Waals surface area contributed by atoms with Crippen LogP contribution in [0, 0.1) is 11.8 Å². The van der Waals surface area contributed by atoms with E-state index in [0.29, 0.717) is 25.0 Å². The van der Waals surface area contributed by atoms with Crippen LogP contribution in [0.4, 0.5) is 0 Å². The minimum atomic E-state index is -0.614. The molecule has 0 saturated heterocycles. The van der Waals surface area contributed by atoms with Crippen LogP contribution in [0.5, 0.6) is 0 Å². The monoisotopic (exact) mass is 634 g/mol. The van der Waals surface area contributed by atoms with Gasteiger partial charge in [0.2, 0.25) is 11.8 Å². The summed E-state index contributed by atoms with van der Waals surface area (Å²) < 4.78 is 12.4. The molecule has 0 radical (unpaired) electrons. The molecule has 0 spiro atoms. The molecule has 0 saturated carbocycles. The van der Waals surface area contributed by atoms with Gasteiger partial charge in [0.05, 0.1) is 12.1 Å². The summed E-state index contributed by atoms with van der Waals surface area (Å²) in [5, 5.41) is 5.52. The summed E-state index contributed by atoms with van der Waals surface area (Å²) in [6, 6.07) is 40.1. The summed E-state index contributed by atoms with van der Waals surface area (Å²) in [4.78, 5) is 10.1. The quantitative estimate of drug-likeness (QED) is 0.154. The molecule has 0 bridgehead atoms. The van der Waals surface area contributed by atoms with E-state index >= 15 is 0 Å². The number of nitrogens with zero attached hydrogens (tertiary/aromatic N) is 2. The van der Waals surface area contributed by atoms with Gasteiger partial charge in [0.25, 0.3) is 0 Å². The zero-order chi connectivity index (χ0) is 31.2. The maximum Gasteiger partial charge on any atom is 0.217 e. The Hall–Kier alpha value is -3.32.